The van der Waals surface area contributed by atoms with E-state index in [-0.39, 0.29) is 6.42 Å². The van der Waals surface area contributed by atoms with Crippen LogP contribution in [0.5, 0.6) is 5.75 Å². The third-order valence-electron chi connectivity index (χ3n) is 1.90. The highest BCUT2D eigenvalue weighted by Crippen LogP contribution is 2.32. The number of hydrogen-bond donors (Lipinski definition) is 0. The first-order valence-electron chi connectivity index (χ1n) is 4.16. The molecule has 0 saturated heterocycles. The maximum Gasteiger partial charge on any atom is 0.416 e. The van der Waals surface area contributed by atoms with Gasteiger partial charge in [-0.25, -0.2) is 0 Å². The summed E-state index contributed by atoms with van der Waals surface area (Å²) in [4.78, 5) is 0. The van der Waals surface area contributed by atoms with Crippen molar-refractivity contribution < 1.29 is 17.9 Å². The number of ether oxygens (including phenoxy) is 1. The normalized spacial score (nSPS) is 10.9. The molecular weight excluding hydrogens is 205 g/mol. The van der Waals surface area contributed by atoms with Crippen molar-refractivity contribution in [1.29, 1.82) is 0 Å². The predicted octanol–water partition coefficient (Wildman–Crippen LogP) is 2.89. The van der Waals surface area contributed by atoms with Gasteiger partial charge in [0, 0.05) is 12.0 Å². The fraction of sp³-hybridized carbons (Fsp3) is 0.273. The Bertz CT molecular complexity index is 388. The molecule has 0 N–H and O–H groups in total. The highest BCUT2D eigenvalue weighted by atomic mass is 19.4. The minimum atomic E-state index is -4.35. The molecule has 0 spiro atoms. The van der Waals surface area contributed by atoms with Crippen molar-refractivity contribution in [3.05, 3.63) is 29.3 Å². The second-order valence-electron chi connectivity index (χ2n) is 2.91. The third kappa shape index (κ3) is 2.66. The van der Waals surface area contributed by atoms with E-state index in [9.17, 15) is 13.2 Å². The van der Waals surface area contributed by atoms with Crippen LogP contribution in [-0.2, 0) is 12.6 Å². The Morgan fingerprint density at radius 1 is 1.40 bits per heavy atom. The average Bonchev–Trinajstić information content (AvgIpc) is 2.17. The first-order chi connectivity index (χ1) is 6.99. The van der Waals surface area contributed by atoms with E-state index in [1.807, 2.05) is 0 Å². The lowest BCUT2D eigenvalue weighted by atomic mass is 10.1. The van der Waals surface area contributed by atoms with Crippen LogP contribution in [0.15, 0.2) is 18.2 Å². The summed E-state index contributed by atoms with van der Waals surface area (Å²) in [5, 5.41) is 0. The summed E-state index contributed by atoms with van der Waals surface area (Å²) in [7, 11) is 1.39. The largest absolute Gasteiger partial charge is 0.496 e. The predicted molar refractivity (Wildman–Crippen MR) is 50.5 cm³/mol. The monoisotopic (exact) mass is 214 g/mol. The van der Waals surface area contributed by atoms with E-state index in [2.05, 4.69) is 5.92 Å². The van der Waals surface area contributed by atoms with E-state index < -0.39 is 11.7 Å². The molecular formula is C11H9F3O. The molecule has 0 aliphatic heterocycles. The van der Waals surface area contributed by atoms with Crippen molar-refractivity contribution in [3.63, 3.8) is 0 Å². The zero-order chi connectivity index (χ0) is 11.5. The second-order valence-corrected chi connectivity index (χ2v) is 2.91. The smallest absolute Gasteiger partial charge is 0.416 e. The van der Waals surface area contributed by atoms with E-state index in [4.69, 9.17) is 11.2 Å². The van der Waals surface area contributed by atoms with Crippen LogP contribution < -0.4 is 4.74 Å². The van der Waals surface area contributed by atoms with Gasteiger partial charge < -0.3 is 4.74 Å². The number of terminal acetylenes is 1. The molecule has 0 atom stereocenters. The standard InChI is InChI=1S/C11H9F3O/c1-3-4-8-7-9(11(12,13)14)5-6-10(8)15-2/h1,5-7H,4H2,2H3. The minimum absolute atomic E-state index is 0.118. The van der Waals surface area contributed by atoms with E-state index >= 15 is 0 Å². The molecule has 4 heteroatoms. The molecule has 0 heterocycles. The maximum atomic E-state index is 12.4. The molecule has 80 valence electrons. The molecule has 0 unspecified atom stereocenters. The maximum absolute atomic E-state index is 12.4. The summed E-state index contributed by atoms with van der Waals surface area (Å²) in [6.45, 7) is 0. The van der Waals surface area contributed by atoms with Crippen molar-refractivity contribution in [3.8, 4) is 18.1 Å². The van der Waals surface area contributed by atoms with E-state index in [0.717, 1.165) is 12.1 Å². The van der Waals surface area contributed by atoms with Gasteiger partial charge in [-0.3, -0.25) is 0 Å². The molecule has 0 bridgehead atoms. The summed E-state index contributed by atoms with van der Waals surface area (Å²) in [6, 6.07) is 3.26. The molecule has 1 rings (SSSR count). The molecule has 1 aromatic rings. The molecule has 15 heavy (non-hydrogen) atoms. The third-order valence-corrected chi connectivity index (χ3v) is 1.90. The zero-order valence-corrected chi connectivity index (χ0v) is 8.06. The van der Waals surface area contributed by atoms with Gasteiger partial charge in [0.1, 0.15) is 5.75 Å². The van der Waals surface area contributed by atoms with E-state index in [1.165, 1.54) is 13.2 Å². The van der Waals surface area contributed by atoms with Crippen LogP contribution in [0, 0.1) is 12.3 Å². The van der Waals surface area contributed by atoms with Crippen molar-refractivity contribution in [2.75, 3.05) is 7.11 Å². The molecule has 0 aliphatic carbocycles. The summed E-state index contributed by atoms with van der Waals surface area (Å²) in [5.41, 5.74) is -0.344. The van der Waals surface area contributed by atoms with Gasteiger partial charge >= 0.3 is 6.18 Å². The second kappa shape index (κ2) is 4.26. The zero-order valence-electron chi connectivity index (χ0n) is 8.06. The van der Waals surface area contributed by atoms with Crippen molar-refractivity contribution in [2.45, 2.75) is 12.6 Å². The number of rotatable bonds is 2. The van der Waals surface area contributed by atoms with Crippen LogP contribution in [0.4, 0.5) is 13.2 Å². The Morgan fingerprint density at radius 2 is 2.07 bits per heavy atom. The van der Waals surface area contributed by atoms with Crippen molar-refractivity contribution in [2.24, 2.45) is 0 Å². The van der Waals surface area contributed by atoms with Gasteiger partial charge in [0.15, 0.2) is 0 Å². The Morgan fingerprint density at radius 3 is 2.53 bits per heavy atom. The van der Waals surface area contributed by atoms with Gasteiger partial charge in [-0.15, -0.1) is 12.3 Å². The van der Waals surface area contributed by atoms with Crippen molar-refractivity contribution in [1.82, 2.24) is 0 Å². The summed E-state index contributed by atoms with van der Waals surface area (Å²) >= 11 is 0. The Balaban J connectivity index is 3.17. The highest BCUT2D eigenvalue weighted by molar-refractivity contribution is 5.40. The fourth-order valence-corrected chi connectivity index (χ4v) is 1.20. The average molecular weight is 214 g/mol. The minimum Gasteiger partial charge on any atom is -0.496 e. The van der Waals surface area contributed by atoms with Crippen LogP contribution in [0.1, 0.15) is 11.1 Å². The lowest BCUT2D eigenvalue weighted by molar-refractivity contribution is -0.137. The van der Waals surface area contributed by atoms with Gasteiger partial charge in [-0.2, -0.15) is 13.2 Å². The lowest BCUT2D eigenvalue weighted by Crippen LogP contribution is -2.06. The number of alkyl halides is 3. The Hall–Kier alpha value is -1.63. The number of methoxy groups -OCH3 is 1. The quantitative estimate of drug-likeness (QED) is 0.688. The Kier molecular flexibility index (Phi) is 3.25. The lowest BCUT2D eigenvalue weighted by Gasteiger charge is -2.11. The van der Waals surface area contributed by atoms with E-state index in [1.54, 1.807) is 0 Å². The summed E-state index contributed by atoms with van der Waals surface area (Å²) < 4.78 is 42.0. The molecule has 0 amide bonds. The SMILES string of the molecule is C#CCc1cc(C(F)(F)F)ccc1OC. The molecule has 1 nitrogen and oxygen atoms in total. The molecule has 0 fully saturated rings. The number of halogens is 3. The molecule has 0 aromatic heterocycles. The first-order valence-corrected chi connectivity index (χ1v) is 4.16. The van der Waals surface area contributed by atoms with Gasteiger partial charge in [0.2, 0.25) is 0 Å². The first kappa shape index (κ1) is 11.4. The fourth-order valence-electron chi connectivity index (χ4n) is 1.20. The van der Waals surface area contributed by atoms with Gasteiger partial charge in [-0.05, 0) is 18.2 Å². The number of benzene rings is 1. The number of hydrogen-bond acceptors (Lipinski definition) is 1. The van der Waals surface area contributed by atoms with Crippen LogP contribution in [0.2, 0.25) is 0 Å². The molecule has 0 saturated carbocycles. The van der Waals surface area contributed by atoms with E-state index in [0.29, 0.717) is 11.3 Å². The van der Waals surface area contributed by atoms with Crippen LogP contribution in [0.3, 0.4) is 0 Å². The van der Waals surface area contributed by atoms with Crippen LogP contribution in [-0.4, -0.2) is 7.11 Å². The molecule has 1 aromatic carbocycles. The van der Waals surface area contributed by atoms with Gasteiger partial charge in [-0.1, -0.05) is 0 Å². The molecule has 0 radical (unpaired) electrons. The van der Waals surface area contributed by atoms with Gasteiger partial charge in [0.05, 0.1) is 12.7 Å². The highest BCUT2D eigenvalue weighted by Gasteiger charge is 2.30. The van der Waals surface area contributed by atoms with Crippen LogP contribution >= 0.6 is 0 Å². The summed E-state index contributed by atoms with van der Waals surface area (Å²) in [6.07, 6.45) is 0.823. The van der Waals surface area contributed by atoms with Crippen molar-refractivity contribution >= 4 is 0 Å². The topological polar surface area (TPSA) is 9.23 Å². The molecule has 0 aliphatic rings. The Labute approximate surface area is 85.9 Å². The van der Waals surface area contributed by atoms with Crippen LogP contribution in [0.25, 0.3) is 0 Å². The van der Waals surface area contributed by atoms with Gasteiger partial charge in [0.25, 0.3) is 0 Å². The summed E-state index contributed by atoms with van der Waals surface area (Å²) in [5.74, 6) is 2.67.